The van der Waals surface area contributed by atoms with E-state index >= 15 is 0 Å². The van der Waals surface area contributed by atoms with E-state index < -0.39 is 5.60 Å². The lowest BCUT2D eigenvalue weighted by molar-refractivity contribution is 0.0240. The fourth-order valence-corrected chi connectivity index (χ4v) is 2.53. The number of hydrogen-bond donors (Lipinski definition) is 1. The van der Waals surface area contributed by atoms with Gasteiger partial charge in [-0.05, 0) is 26.8 Å². The fourth-order valence-electron chi connectivity index (χ4n) is 2.53. The third-order valence-corrected chi connectivity index (χ3v) is 3.58. The molecule has 1 fully saturated rings. The summed E-state index contributed by atoms with van der Waals surface area (Å²) < 4.78 is 5.41. The van der Waals surface area contributed by atoms with E-state index in [0.29, 0.717) is 13.1 Å². The van der Waals surface area contributed by atoms with Crippen LogP contribution in [0.25, 0.3) is 10.9 Å². The third kappa shape index (κ3) is 2.98. The fraction of sp³-hybridized carbons (Fsp3) is 0.533. The van der Waals surface area contributed by atoms with Crippen molar-refractivity contribution in [1.82, 2.24) is 20.1 Å². The number of ether oxygens (including phenoxy) is 1. The number of aromatic amines is 1. The van der Waals surface area contributed by atoms with Crippen LogP contribution in [0.3, 0.4) is 0 Å². The first-order valence-electron chi connectivity index (χ1n) is 7.45. The van der Waals surface area contributed by atoms with Crippen LogP contribution in [-0.4, -0.2) is 58.0 Å². The van der Waals surface area contributed by atoms with Gasteiger partial charge < -0.3 is 14.5 Å². The summed E-state index contributed by atoms with van der Waals surface area (Å²) in [6.07, 6.45) is 3.31. The number of piperazine rings is 1. The summed E-state index contributed by atoms with van der Waals surface area (Å²) in [7, 11) is 0. The van der Waals surface area contributed by atoms with Gasteiger partial charge in [0.05, 0.1) is 17.1 Å². The van der Waals surface area contributed by atoms with Gasteiger partial charge in [-0.3, -0.25) is 5.10 Å². The molecule has 0 spiro atoms. The van der Waals surface area contributed by atoms with Crippen molar-refractivity contribution in [3.05, 3.63) is 18.5 Å². The molecule has 1 aliphatic heterocycles. The van der Waals surface area contributed by atoms with E-state index in [1.165, 1.54) is 0 Å². The summed E-state index contributed by atoms with van der Waals surface area (Å²) in [4.78, 5) is 20.5. The highest BCUT2D eigenvalue weighted by Crippen LogP contribution is 2.23. The number of aromatic nitrogens is 3. The molecule has 1 amide bonds. The van der Waals surface area contributed by atoms with Gasteiger partial charge in [-0.1, -0.05) is 0 Å². The lowest BCUT2D eigenvalue weighted by Gasteiger charge is -2.36. The first-order chi connectivity index (χ1) is 10.4. The molecule has 0 radical (unpaired) electrons. The quantitative estimate of drug-likeness (QED) is 0.872. The molecule has 1 N–H and O–H groups in total. The minimum atomic E-state index is -0.460. The molecular formula is C15H21N5O2. The van der Waals surface area contributed by atoms with Gasteiger partial charge in [-0.2, -0.15) is 5.10 Å². The number of H-pyrrole nitrogens is 1. The van der Waals surface area contributed by atoms with Gasteiger partial charge >= 0.3 is 6.09 Å². The molecule has 3 rings (SSSR count). The Morgan fingerprint density at radius 1 is 1.27 bits per heavy atom. The summed E-state index contributed by atoms with van der Waals surface area (Å²) >= 11 is 0. The van der Waals surface area contributed by atoms with E-state index in [-0.39, 0.29) is 6.09 Å². The van der Waals surface area contributed by atoms with Crippen LogP contribution in [0.2, 0.25) is 0 Å². The molecule has 7 nitrogen and oxygen atoms in total. The topological polar surface area (TPSA) is 74.3 Å². The number of anilines is 1. The Kier molecular flexibility index (Phi) is 3.64. The van der Waals surface area contributed by atoms with Gasteiger partial charge in [0.15, 0.2) is 0 Å². The van der Waals surface area contributed by atoms with Crippen molar-refractivity contribution in [2.75, 3.05) is 31.1 Å². The van der Waals surface area contributed by atoms with Gasteiger partial charge in [-0.15, -0.1) is 0 Å². The van der Waals surface area contributed by atoms with Gasteiger partial charge in [0.2, 0.25) is 0 Å². The number of nitrogens with zero attached hydrogens (tertiary/aromatic N) is 4. The third-order valence-electron chi connectivity index (χ3n) is 3.58. The molecule has 22 heavy (non-hydrogen) atoms. The van der Waals surface area contributed by atoms with Crippen LogP contribution in [0, 0.1) is 0 Å². The number of carbonyl (C=O) groups excluding carboxylic acids is 1. The normalized spacial score (nSPS) is 16.1. The van der Waals surface area contributed by atoms with Crippen molar-refractivity contribution in [2.45, 2.75) is 26.4 Å². The van der Waals surface area contributed by atoms with Crippen molar-refractivity contribution in [3.63, 3.8) is 0 Å². The Morgan fingerprint density at radius 2 is 2.00 bits per heavy atom. The van der Waals surface area contributed by atoms with Crippen LogP contribution >= 0.6 is 0 Å². The second kappa shape index (κ2) is 5.47. The van der Waals surface area contributed by atoms with Gasteiger partial charge in [0.25, 0.3) is 0 Å². The predicted octanol–water partition coefficient (Wildman–Crippen LogP) is 2.01. The van der Waals surface area contributed by atoms with E-state index in [2.05, 4.69) is 20.1 Å². The summed E-state index contributed by atoms with van der Waals surface area (Å²) in [6.45, 7) is 8.36. The Morgan fingerprint density at radius 3 is 2.68 bits per heavy atom. The molecule has 1 saturated heterocycles. The summed E-state index contributed by atoms with van der Waals surface area (Å²) in [6, 6.07) is 1.91. The molecular weight excluding hydrogens is 282 g/mol. The Balaban J connectivity index is 1.67. The second-order valence-corrected chi connectivity index (χ2v) is 6.42. The van der Waals surface area contributed by atoms with E-state index in [9.17, 15) is 4.79 Å². The van der Waals surface area contributed by atoms with E-state index in [0.717, 1.165) is 29.8 Å². The van der Waals surface area contributed by atoms with Gasteiger partial charge in [0, 0.05) is 32.4 Å². The lowest BCUT2D eigenvalue weighted by atomic mass is 10.2. The van der Waals surface area contributed by atoms with Crippen LogP contribution in [0.5, 0.6) is 0 Å². The van der Waals surface area contributed by atoms with Gasteiger partial charge in [-0.25, -0.2) is 9.78 Å². The number of nitrogens with one attached hydrogen (secondary N) is 1. The summed E-state index contributed by atoms with van der Waals surface area (Å²) in [5.41, 5.74) is 0.512. The van der Waals surface area contributed by atoms with E-state index in [1.54, 1.807) is 17.3 Å². The number of fused-ring (bicyclic) bond motifs is 1. The summed E-state index contributed by atoms with van der Waals surface area (Å²) in [5, 5.41) is 8.02. The standard InChI is InChI=1S/C15H21N5O2/c1-15(2,3)22-14(21)20-8-6-19(7-9-20)13-11-10-17-18-12(11)4-5-16-13/h4-5,10H,6-9H2,1-3H3,(H,17,18). The average Bonchev–Trinajstić information content (AvgIpc) is 2.94. The van der Waals surface area contributed by atoms with Crippen molar-refractivity contribution < 1.29 is 9.53 Å². The summed E-state index contributed by atoms with van der Waals surface area (Å²) in [5.74, 6) is 0.912. The first-order valence-corrected chi connectivity index (χ1v) is 7.45. The number of hydrogen-bond acceptors (Lipinski definition) is 5. The number of amides is 1. The van der Waals surface area contributed by atoms with E-state index in [4.69, 9.17) is 4.74 Å². The smallest absolute Gasteiger partial charge is 0.410 e. The zero-order chi connectivity index (χ0) is 15.7. The number of pyridine rings is 1. The van der Waals surface area contributed by atoms with Crippen LogP contribution in [0.1, 0.15) is 20.8 Å². The second-order valence-electron chi connectivity index (χ2n) is 6.42. The Bertz CT molecular complexity index is 668. The minimum absolute atomic E-state index is 0.248. The molecule has 0 atom stereocenters. The molecule has 0 saturated carbocycles. The highest BCUT2D eigenvalue weighted by Gasteiger charge is 2.26. The van der Waals surface area contributed by atoms with Crippen LogP contribution in [0.4, 0.5) is 10.6 Å². The molecule has 3 heterocycles. The zero-order valence-corrected chi connectivity index (χ0v) is 13.2. The van der Waals surface area contributed by atoms with Crippen molar-refractivity contribution in [2.24, 2.45) is 0 Å². The molecule has 118 valence electrons. The molecule has 2 aromatic rings. The van der Waals surface area contributed by atoms with Crippen LogP contribution in [-0.2, 0) is 4.74 Å². The number of rotatable bonds is 1. The van der Waals surface area contributed by atoms with Gasteiger partial charge in [0.1, 0.15) is 11.4 Å². The molecule has 0 aliphatic carbocycles. The Labute approximate surface area is 129 Å². The highest BCUT2D eigenvalue weighted by atomic mass is 16.6. The monoisotopic (exact) mass is 303 g/mol. The molecule has 7 heteroatoms. The lowest BCUT2D eigenvalue weighted by Crippen LogP contribution is -2.50. The maximum atomic E-state index is 12.1. The zero-order valence-electron chi connectivity index (χ0n) is 13.2. The predicted molar refractivity (Wildman–Crippen MR) is 83.9 cm³/mol. The van der Waals surface area contributed by atoms with Crippen molar-refractivity contribution >= 4 is 22.8 Å². The highest BCUT2D eigenvalue weighted by molar-refractivity contribution is 5.89. The minimum Gasteiger partial charge on any atom is -0.444 e. The largest absolute Gasteiger partial charge is 0.444 e. The van der Waals surface area contributed by atoms with Crippen LogP contribution < -0.4 is 4.90 Å². The van der Waals surface area contributed by atoms with E-state index in [1.807, 2.05) is 26.8 Å². The maximum absolute atomic E-state index is 12.1. The molecule has 0 unspecified atom stereocenters. The first kappa shape index (κ1) is 14.6. The SMILES string of the molecule is CC(C)(C)OC(=O)N1CCN(c2nccc3[nH]ncc23)CC1. The molecule has 2 aromatic heterocycles. The average molecular weight is 303 g/mol. The molecule has 1 aliphatic rings. The molecule has 0 bridgehead atoms. The van der Waals surface area contributed by atoms with Crippen molar-refractivity contribution in [3.8, 4) is 0 Å². The number of carbonyl (C=O) groups is 1. The molecule has 0 aromatic carbocycles. The van der Waals surface area contributed by atoms with Crippen molar-refractivity contribution in [1.29, 1.82) is 0 Å². The Hall–Kier alpha value is -2.31. The van der Waals surface area contributed by atoms with Crippen LogP contribution in [0.15, 0.2) is 18.5 Å². The maximum Gasteiger partial charge on any atom is 0.410 e.